The summed E-state index contributed by atoms with van der Waals surface area (Å²) in [5.74, 6) is 0.331. The molecule has 0 aliphatic carbocycles. The van der Waals surface area contributed by atoms with E-state index in [2.05, 4.69) is 10.6 Å². The number of ether oxygens (including phenoxy) is 1. The molecular formula is C12H25N3O2. The highest BCUT2D eigenvalue weighted by Gasteiger charge is 2.22. The van der Waals surface area contributed by atoms with Gasteiger partial charge in [0, 0.05) is 12.6 Å². The third-order valence-corrected chi connectivity index (χ3v) is 2.86. The fourth-order valence-electron chi connectivity index (χ4n) is 1.91. The first kappa shape index (κ1) is 14.3. The molecule has 1 rings (SSSR count). The summed E-state index contributed by atoms with van der Waals surface area (Å²) in [7, 11) is 0. The Morgan fingerprint density at radius 2 is 2.06 bits per heavy atom. The molecule has 1 saturated heterocycles. The first-order valence-corrected chi connectivity index (χ1v) is 6.31. The minimum Gasteiger partial charge on any atom is -0.444 e. The van der Waals surface area contributed by atoms with E-state index in [9.17, 15) is 4.79 Å². The Morgan fingerprint density at radius 3 is 2.71 bits per heavy atom. The van der Waals surface area contributed by atoms with Crippen LogP contribution in [0.4, 0.5) is 4.79 Å². The van der Waals surface area contributed by atoms with E-state index in [0.717, 1.165) is 25.9 Å². The molecule has 5 heteroatoms. The quantitative estimate of drug-likeness (QED) is 0.671. The Kier molecular flexibility index (Phi) is 5.21. The predicted octanol–water partition coefficient (Wildman–Crippen LogP) is 0.838. The number of amides is 1. The van der Waals surface area contributed by atoms with Gasteiger partial charge in [0.1, 0.15) is 5.60 Å². The van der Waals surface area contributed by atoms with Crippen molar-refractivity contribution in [2.24, 2.45) is 11.7 Å². The van der Waals surface area contributed by atoms with Crippen LogP contribution < -0.4 is 16.4 Å². The maximum Gasteiger partial charge on any atom is 0.407 e. The number of alkyl carbamates (subject to hydrolysis) is 1. The van der Waals surface area contributed by atoms with Gasteiger partial charge in [-0.3, -0.25) is 0 Å². The lowest BCUT2D eigenvalue weighted by Gasteiger charge is -2.23. The molecule has 1 aliphatic heterocycles. The SMILES string of the molecule is CC(C)(C)OC(=O)NCC1CCNCCC1N. The minimum absolute atomic E-state index is 0.153. The van der Waals surface area contributed by atoms with Crippen LogP contribution in [-0.2, 0) is 4.74 Å². The average molecular weight is 243 g/mol. The second-order valence-electron chi connectivity index (χ2n) is 5.63. The van der Waals surface area contributed by atoms with Crippen LogP contribution in [0.15, 0.2) is 0 Å². The van der Waals surface area contributed by atoms with Gasteiger partial charge >= 0.3 is 6.09 Å². The van der Waals surface area contributed by atoms with Crippen LogP contribution in [0.5, 0.6) is 0 Å². The Bertz CT molecular complexity index is 251. The number of nitrogens with two attached hydrogens (primary N) is 1. The van der Waals surface area contributed by atoms with Crippen molar-refractivity contribution in [2.45, 2.75) is 45.3 Å². The Balaban J connectivity index is 2.31. The number of nitrogens with one attached hydrogen (secondary N) is 2. The van der Waals surface area contributed by atoms with Crippen LogP contribution in [0.3, 0.4) is 0 Å². The third-order valence-electron chi connectivity index (χ3n) is 2.86. The molecule has 100 valence electrons. The molecule has 2 unspecified atom stereocenters. The van der Waals surface area contributed by atoms with Crippen LogP contribution in [0.1, 0.15) is 33.6 Å². The zero-order valence-corrected chi connectivity index (χ0v) is 11.1. The molecule has 0 spiro atoms. The van der Waals surface area contributed by atoms with Gasteiger partial charge in [-0.05, 0) is 52.6 Å². The van der Waals surface area contributed by atoms with Gasteiger partial charge in [0.25, 0.3) is 0 Å². The molecular weight excluding hydrogens is 218 g/mol. The van der Waals surface area contributed by atoms with E-state index in [0.29, 0.717) is 12.5 Å². The summed E-state index contributed by atoms with van der Waals surface area (Å²) in [6.45, 7) is 8.09. The zero-order chi connectivity index (χ0) is 12.9. The van der Waals surface area contributed by atoms with Crippen LogP contribution in [-0.4, -0.2) is 37.4 Å². The van der Waals surface area contributed by atoms with E-state index in [-0.39, 0.29) is 12.1 Å². The zero-order valence-electron chi connectivity index (χ0n) is 11.1. The van der Waals surface area contributed by atoms with E-state index in [1.807, 2.05) is 20.8 Å². The Hall–Kier alpha value is -0.810. The number of hydrogen-bond donors (Lipinski definition) is 3. The van der Waals surface area contributed by atoms with E-state index >= 15 is 0 Å². The second-order valence-corrected chi connectivity index (χ2v) is 5.63. The highest BCUT2D eigenvalue weighted by Crippen LogP contribution is 2.12. The monoisotopic (exact) mass is 243 g/mol. The van der Waals surface area contributed by atoms with Crippen molar-refractivity contribution >= 4 is 6.09 Å². The molecule has 0 bridgehead atoms. The van der Waals surface area contributed by atoms with E-state index in [1.165, 1.54) is 0 Å². The van der Waals surface area contributed by atoms with E-state index in [4.69, 9.17) is 10.5 Å². The largest absolute Gasteiger partial charge is 0.444 e. The molecule has 1 amide bonds. The molecule has 1 aliphatic rings. The molecule has 1 fully saturated rings. The molecule has 0 aromatic rings. The molecule has 0 saturated carbocycles. The standard InChI is InChI=1S/C12H25N3O2/c1-12(2,3)17-11(16)15-8-9-4-6-14-7-5-10(9)13/h9-10,14H,4-8,13H2,1-3H3,(H,15,16). The molecule has 17 heavy (non-hydrogen) atoms. The fourth-order valence-corrected chi connectivity index (χ4v) is 1.91. The fraction of sp³-hybridized carbons (Fsp3) is 0.917. The molecule has 1 heterocycles. The maximum atomic E-state index is 11.5. The summed E-state index contributed by atoms with van der Waals surface area (Å²) < 4.78 is 5.19. The van der Waals surface area contributed by atoms with E-state index in [1.54, 1.807) is 0 Å². The van der Waals surface area contributed by atoms with Crippen molar-refractivity contribution in [3.8, 4) is 0 Å². The van der Waals surface area contributed by atoms with E-state index < -0.39 is 5.60 Å². The lowest BCUT2D eigenvalue weighted by atomic mass is 9.96. The van der Waals surface area contributed by atoms with Gasteiger partial charge in [0.15, 0.2) is 0 Å². The van der Waals surface area contributed by atoms with Gasteiger partial charge in [-0.2, -0.15) is 0 Å². The smallest absolute Gasteiger partial charge is 0.407 e. The summed E-state index contributed by atoms with van der Waals surface area (Å²) in [5.41, 5.74) is 5.61. The Morgan fingerprint density at radius 1 is 1.41 bits per heavy atom. The van der Waals surface area contributed by atoms with Crippen LogP contribution in [0, 0.1) is 5.92 Å². The first-order chi connectivity index (χ1) is 7.88. The molecule has 5 nitrogen and oxygen atoms in total. The average Bonchev–Trinajstić information content (AvgIpc) is 2.37. The molecule has 0 aromatic carbocycles. The topological polar surface area (TPSA) is 76.4 Å². The first-order valence-electron chi connectivity index (χ1n) is 6.31. The summed E-state index contributed by atoms with van der Waals surface area (Å²) >= 11 is 0. The van der Waals surface area contributed by atoms with Crippen molar-refractivity contribution in [2.75, 3.05) is 19.6 Å². The molecule has 0 aromatic heterocycles. The normalized spacial score (nSPS) is 26.1. The summed E-state index contributed by atoms with van der Waals surface area (Å²) in [6, 6.07) is 0.153. The van der Waals surface area contributed by atoms with Gasteiger partial charge in [-0.25, -0.2) is 4.79 Å². The number of rotatable bonds is 2. The molecule has 0 radical (unpaired) electrons. The molecule has 4 N–H and O–H groups in total. The van der Waals surface area contributed by atoms with Crippen molar-refractivity contribution in [1.82, 2.24) is 10.6 Å². The van der Waals surface area contributed by atoms with Crippen molar-refractivity contribution in [1.29, 1.82) is 0 Å². The lowest BCUT2D eigenvalue weighted by molar-refractivity contribution is 0.0516. The van der Waals surface area contributed by atoms with Gasteiger partial charge in [-0.1, -0.05) is 0 Å². The summed E-state index contributed by atoms with van der Waals surface area (Å²) in [4.78, 5) is 11.5. The Labute approximate surface area is 103 Å². The summed E-state index contributed by atoms with van der Waals surface area (Å²) in [5, 5.41) is 6.11. The van der Waals surface area contributed by atoms with Crippen LogP contribution >= 0.6 is 0 Å². The van der Waals surface area contributed by atoms with Crippen molar-refractivity contribution < 1.29 is 9.53 Å². The number of carbonyl (C=O) groups is 1. The van der Waals surface area contributed by atoms with Crippen LogP contribution in [0.2, 0.25) is 0 Å². The number of hydrogen-bond acceptors (Lipinski definition) is 4. The minimum atomic E-state index is -0.447. The number of carbonyl (C=O) groups excluding carboxylic acids is 1. The summed E-state index contributed by atoms with van der Waals surface area (Å²) in [6.07, 6.45) is 1.60. The maximum absolute atomic E-state index is 11.5. The predicted molar refractivity (Wildman–Crippen MR) is 67.8 cm³/mol. The third kappa shape index (κ3) is 5.89. The highest BCUT2D eigenvalue weighted by molar-refractivity contribution is 5.67. The van der Waals surface area contributed by atoms with Crippen LogP contribution in [0.25, 0.3) is 0 Å². The molecule has 2 atom stereocenters. The van der Waals surface area contributed by atoms with Crippen molar-refractivity contribution in [3.05, 3.63) is 0 Å². The van der Waals surface area contributed by atoms with Gasteiger partial charge in [-0.15, -0.1) is 0 Å². The van der Waals surface area contributed by atoms with Gasteiger partial charge in [0.2, 0.25) is 0 Å². The van der Waals surface area contributed by atoms with Crippen molar-refractivity contribution in [3.63, 3.8) is 0 Å². The van der Waals surface area contributed by atoms with Gasteiger partial charge in [0.05, 0.1) is 0 Å². The van der Waals surface area contributed by atoms with Gasteiger partial charge < -0.3 is 21.1 Å². The second kappa shape index (κ2) is 6.21. The lowest BCUT2D eigenvalue weighted by Crippen LogP contribution is -2.41. The highest BCUT2D eigenvalue weighted by atomic mass is 16.6.